The number of aromatic nitrogens is 2. The second kappa shape index (κ2) is 6.98. The molecule has 5 heteroatoms. The Morgan fingerprint density at radius 1 is 1.32 bits per heavy atom. The summed E-state index contributed by atoms with van der Waals surface area (Å²) in [5, 5.41) is 7.49. The van der Waals surface area contributed by atoms with Crippen LogP contribution in [0, 0.1) is 6.92 Å². The van der Waals surface area contributed by atoms with E-state index >= 15 is 0 Å². The highest BCUT2D eigenvalue weighted by Gasteiger charge is 2.24. The molecule has 1 fully saturated rings. The minimum Gasteiger partial charge on any atom is -0.366 e. The van der Waals surface area contributed by atoms with E-state index in [-0.39, 0.29) is 0 Å². The zero-order chi connectivity index (χ0) is 13.7. The number of thioether (sulfide) groups is 1. The number of nitrogens with zero attached hydrogens (tertiary/aromatic N) is 2. The van der Waals surface area contributed by atoms with E-state index in [0.717, 1.165) is 24.0 Å². The van der Waals surface area contributed by atoms with E-state index in [2.05, 4.69) is 33.8 Å². The molecule has 0 spiro atoms. The molecule has 0 bridgehead atoms. The predicted molar refractivity (Wildman–Crippen MR) is 84.1 cm³/mol. The summed E-state index contributed by atoms with van der Waals surface area (Å²) < 4.78 is 0. The molecule has 1 saturated carbocycles. The molecule has 1 aliphatic carbocycles. The summed E-state index contributed by atoms with van der Waals surface area (Å²) in [6.07, 6.45) is 7.43. The van der Waals surface area contributed by atoms with Gasteiger partial charge in [0.1, 0.15) is 5.82 Å². The van der Waals surface area contributed by atoms with E-state index in [0.29, 0.717) is 11.3 Å². The zero-order valence-corrected chi connectivity index (χ0v) is 12.9. The molecular weight excluding hydrogens is 256 g/mol. The Kier molecular flexibility index (Phi) is 5.31. The molecular formula is C14H24N4S. The Morgan fingerprint density at radius 2 is 2.11 bits per heavy atom. The molecule has 2 atom stereocenters. The third-order valence-corrected chi connectivity index (χ3v) is 4.70. The van der Waals surface area contributed by atoms with Crippen LogP contribution < -0.4 is 10.6 Å². The fourth-order valence-corrected chi connectivity index (χ4v) is 3.55. The van der Waals surface area contributed by atoms with E-state index in [1.54, 1.807) is 0 Å². The SMILES string of the molecule is CCNc1nc(C)cc(NC2CCCCC2SC)n1. The van der Waals surface area contributed by atoms with Crippen molar-refractivity contribution in [1.82, 2.24) is 9.97 Å². The zero-order valence-electron chi connectivity index (χ0n) is 12.1. The first-order chi connectivity index (χ1) is 9.22. The lowest BCUT2D eigenvalue weighted by atomic mass is 9.95. The lowest BCUT2D eigenvalue weighted by molar-refractivity contribution is 0.474. The molecule has 106 valence electrons. The highest BCUT2D eigenvalue weighted by molar-refractivity contribution is 7.99. The maximum atomic E-state index is 4.54. The Labute approximate surface area is 120 Å². The quantitative estimate of drug-likeness (QED) is 0.866. The van der Waals surface area contributed by atoms with Gasteiger partial charge >= 0.3 is 0 Å². The molecule has 1 aromatic rings. The van der Waals surface area contributed by atoms with Gasteiger partial charge in [0, 0.05) is 29.6 Å². The van der Waals surface area contributed by atoms with Crippen LogP contribution in [0.1, 0.15) is 38.3 Å². The maximum absolute atomic E-state index is 4.54. The Hall–Kier alpha value is -0.970. The van der Waals surface area contributed by atoms with Crippen molar-refractivity contribution in [3.05, 3.63) is 11.8 Å². The molecule has 2 N–H and O–H groups in total. The molecule has 2 unspecified atom stereocenters. The van der Waals surface area contributed by atoms with Crippen molar-refractivity contribution in [3.63, 3.8) is 0 Å². The van der Waals surface area contributed by atoms with Gasteiger partial charge in [0.05, 0.1) is 0 Å². The number of hydrogen-bond donors (Lipinski definition) is 2. The number of anilines is 2. The second-order valence-electron chi connectivity index (χ2n) is 5.06. The van der Waals surface area contributed by atoms with Gasteiger partial charge in [-0.3, -0.25) is 0 Å². The maximum Gasteiger partial charge on any atom is 0.224 e. The summed E-state index contributed by atoms with van der Waals surface area (Å²) in [5.41, 5.74) is 1.00. The third-order valence-electron chi connectivity index (χ3n) is 3.53. The molecule has 1 heterocycles. The summed E-state index contributed by atoms with van der Waals surface area (Å²) in [4.78, 5) is 8.93. The van der Waals surface area contributed by atoms with E-state index in [4.69, 9.17) is 0 Å². The van der Waals surface area contributed by atoms with Crippen molar-refractivity contribution < 1.29 is 0 Å². The van der Waals surface area contributed by atoms with Crippen molar-refractivity contribution in [3.8, 4) is 0 Å². The van der Waals surface area contributed by atoms with Crippen LogP contribution in [0.2, 0.25) is 0 Å². The van der Waals surface area contributed by atoms with Crippen molar-refractivity contribution in [2.45, 2.75) is 50.8 Å². The van der Waals surface area contributed by atoms with Gasteiger partial charge in [-0.15, -0.1) is 0 Å². The van der Waals surface area contributed by atoms with Gasteiger partial charge in [0.25, 0.3) is 0 Å². The topological polar surface area (TPSA) is 49.8 Å². The fraction of sp³-hybridized carbons (Fsp3) is 0.714. The van der Waals surface area contributed by atoms with Gasteiger partial charge in [0.2, 0.25) is 5.95 Å². The van der Waals surface area contributed by atoms with Gasteiger partial charge < -0.3 is 10.6 Å². The smallest absolute Gasteiger partial charge is 0.224 e. The second-order valence-corrected chi connectivity index (χ2v) is 6.13. The standard InChI is InChI=1S/C14H24N4S/c1-4-15-14-16-10(2)9-13(18-14)17-11-7-5-6-8-12(11)19-3/h9,11-12H,4-8H2,1-3H3,(H2,15,16,17,18). The Balaban J connectivity index is 2.08. The number of aryl methyl sites for hydroxylation is 1. The van der Waals surface area contributed by atoms with Crippen molar-refractivity contribution in [2.24, 2.45) is 0 Å². The van der Waals surface area contributed by atoms with E-state index in [1.165, 1.54) is 25.7 Å². The van der Waals surface area contributed by atoms with Gasteiger partial charge in [-0.25, -0.2) is 4.98 Å². The van der Waals surface area contributed by atoms with Gasteiger partial charge in [-0.2, -0.15) is 16.7 Å². The summed E-state index contributed by atoms with van der Waals surface area (Å²) >= 11 is 1.97. The lowest BCUT2D eigenvalue weighted by Gasteiger charge is -2.31. The van der Waals surface area contributed by atoms with Gasteiger partial charge in [0.15, 0.2) is 0 Å². The van der Waals surface area contributed by atoms with E-state index in [1.807, 2.05) is 24.8 Å². The molecule has 1 aromatic heterocycles. The van der Waals surface area contributed by atoms with Crippen LogP contribution in [0.3, 0.4) is 0 Å². The monoisotopic (exact) mass is 280 g/mol. The van der Waals surface area contributed by atoms with E-state index in [9.17, 15) is 0 Å². The molecule has 0 aliphatic heterocycles. The summed E-state index contributed by atoms with van der Waals surface area (Å²) in [6.45, 7) is 4.92. The van der Waals surface area contributed by atoms with Gasteiger partial charge in [-0.05, 0) is 32.9 Å². The predicted octanol–water partition coefficient (Wildman–Crippen LogP) is 3.30. The molecule has 4 nitrogen and oxygen atoms in total. The lowest BCUT2D eigenvalue weighted by Crippen LogP contribution is -2.34. The Morgan fingerprint density at radius 3 is 2.84 bits per heavy atom. The van der Waals surface area contributed by atoms with Crippen LogP contribution in [0.25, 0.3) is 0 Å². The molecule has 2 rings (SSSR count). The minimum absolute atomic E-state index is 0.535. The van der Waals surface area contributed by atoms with Crippen LogP contribution >= 0.6 is 11.8 Å². The first kappa shape index (κ1) is 14.4. The molecule has 19 heavy (non-hydrogen) atoms. The van der Waals surface area contributed by atoms with E-state index < -0.39 is 0 Å². The number of hydrogen-bond acceptors (Lipinski definition) is 5. The van der Waals surface area contributed by atoms with Crippen LogP contribution in [-0.4, -0.2) is 34.1 Å². The summed E-state index contributed by atoms with van der Waals surface area (Å²) in [6, 6.07) is 2.57. The first-order valence-electron chi connectivity index (χ1n) is 7.11. The molecule has 0 radical (unpaired) electrons. The highest BCUT2D eigenvalue weighted by Crippen LogP contribution is 2.29. The molecule has 0 amide bonds. The van der Waals surface area contributed by atoms with Crippen molar-refractivity contribution >= 4 is 23.5 Å². The fourth-order valence-electron chi connectivity index (χ4n) is 2.61. The largest absolute Gasteiger partial charge is 0.366 e. The third kappa shape index (κ3) is 4.00. The minimum atomic E-state index is 0.535. The molecule has 0 saturated heterocycles. The number of rotatable bonds is 5. The van der Waals surface area contributed by atoms with Crippen LogP contribution in [0.5, 0.6) is 0 Å². The first-order valence-corrected chi connectivity index (χ1v) is 8.40. The number of nitrogens with one attached hydrogen (secondary N) is 2. The average molecular weight is 280 g/mol. The average Bonchev–Trinajstić information content (AvgIpc) is 2.39. The van der Waals surface area contributed by atoms with Crippen molar-refractivity contribution in [2.75, 3.05) is 23.4 Å². The van der Waals surface area contributed by atoms with Crippen LogP contribution in [-0.2, 0) is 0 Å². The Bertz CT molecular complexity index is 410. The van der Waals surface area contributed by atoms with Crippen LogP contribution in [0.15, 0.2) is 6.07 Å². The highest BCUT2D eigenvalue weighted by atomic mass is 32.2. The normalized spacial score (nSPS) is 23.1. The summed E-state index contributed by atoms with van der Waals surface area (Å²) in [7, 11) is 0. The van der Waals surface area contributed by atoms with Crippen LogP contribution in [0.4, 0.5) is 11.8 Å². The molecule has 1 aliphatic rings. The van der Waals surface area contributed by atoms with Gasteiger partial charge in [-0.1, -0.05) is 12.8 Å². The summed E-state index contributed by atoms with van der Waals surface area (Å²) in [5.74, 6) is 1.68. The molecule has 0 aromatic carbocycles. The van der Waals surface area contributed by atoms with Crippen molar-refractivity contribution in [1.29, 1.82) is 0 Å².